The Kier molecular flexibility index (Phi) is 8.36. The van der Waals surface area contributed by atoms with Gasteiger partial charge in [0.05, 0.1) is 17.1 Å². The Hall–Kier alpha value is -4.30. The predicted molar refractivity (Wildman–Crippen MR) is 165 cm³/mol. The van der Waals surface area contributed by atoms with Gasteiger partial charge in [-0.1, -0.05) is 77.3 Å². The van der Waals surface area contributed by atoms with E-state index in [1.807, 2.05) is 79.7 Å². The maximum Gasteiger partial charge on any atom is 0.282 e. The van der Waals surface area contributed by atoms with Gasteiger partial charge in [0.2, 0.25) is 0 Å². The van der Waals surface area contributed by atoms with Crippen LogP contribution in [0.2, 0.25) is 0 Å². The molecular formula is C32H29BrN4O3. The summed E-state index contributed by atoms with van der Waals surface area (Å²) in [4.78, 5) is 30.9. The molecule has 0 atom stereocenters. The Bertz CT molecular complexity index is 1780. The monoisotopic (exact) mass is 596 g/mol. The smallest absolute Gasteiger partial charge is 0.282 e. The summed E-state index contributed by atoms with van der Waals surface area (Å²) < 4.78 is 8.16. The zero-order chi connectivity index (χ0) is 28.1. The van der Waals surface area contributed by atoms with Gasteiger partial charge in [-0.15, -0.1) is 0 Å². The Labute approximate surface area is 240 Å². The second kappa shape index (κ2) is 12.3. The summed E-state index contributed by atoms with van der Waals surface area (Å²) in [7, 11) is 0. The Morgan fingerprint density at radius 1 is 1.05 bits per heavy atom. The summed E-state index contributed by atoms with van der Waals surface area (Å²) in [6.45, 7) is 3.91. The number of nitrogens with one attached hydrogen (secondary N) is 1. The third-order valence-electron chi connectivity index (χ3n) is 6.56. The third kappa shape index (κ3) is 6.13. The van der Waals surface area contributed by atoms with Gasteiger partial charge >= 0.3 is 0 Å². The van der Waals surface area contributed by atoms with Crippen LogP contribution in [-0.4, -0.2) is 28.4 Å². The van der Waals surface area contributed by atoms with Gasteiger partial charge in [-0.25, -0.2) is 4.98 Å². The predicted octanol–water partition coefficient (Wildman–Crippen LogP) is 6.86. The fourth-order valence-corrected chi connectivity index (χ4v) is 4.80. The molecule has 5 rings (SSSR count). The molecule has 0 saturated carbocycles. The van der Waals surface area contributed by atoms with Gasteiger partial charge in [0, 0.05) is 22.1 Å². The third-order valence-corrected chi connectivity index (χ3v) is 7.05. The second-order valence-electron chi connectivity index (χ2n) is 9.56. The fourth-order valence-electron chi connectivity index (χ4n) is 4.44. The number of anilines is 1. The molecule has 8 heteroatoms. The standard InChI is InChI=1S/C32H29BrN4O3/c1-3-4-9-30-36-28-16-13-23(33)18-26(28)32(39)37(30)34-19-27-25-8-6-5-7-22(25)12-17-29(27)40-20-31(38)35-24-14-10-21(2)11-15-24/h5-8,10-19H,3-4,9,20H2,1-2H3,(H,35,38). The van der Waals surface area contributed by atoms with E-state index in [0.29, 0.717) is 40.1 Å². The zero-order valence-corrected chi connectivity index (χ0v) is 23.9. The van der Waals surface area contributed by atoms with Crippen molar-refractivity contribution >= 4 is 55.4 Å². The Morgan fingerprint density at radius 3 is 2.65 bits per heavy atom. The topological polar surface area (TPSA) is 85.6 Å². The van der Waals surface area contributed by atoms with E-state index in [9.17, 15) is 9.59 Å². The zero-order valence-electron chi connectivity index (χ0n) is 22.4. The largest absolute Gasteiger partial charge is 0.483 e. The minimum Gasteiger partial charge on any atom is -0.483 e. The van der Waals surface area contributed by atoms with E-state index >= 15 is 0 Å². The van der Waals surface area contributed by atoms with Crippen molar-refractivity contribution in [1.29, 1.82) is 0 Å². The van der Waals surface area contributed by atoms with E-state index in [2.05, 4.69) is 33.3 Å². The molecule has 0 spiro atoms. The van der Waals surface area contributed by atoms with Crippen LogP contribution in [-0.2, 0) is 11.2 Å². The molecule has 0 aliphatic rings. The van der Waals surface area contributed by atoms with E-state index in [1.165, 1.54) is 4.68 Å². The first-order valence-corrected chi connectivity index (χ1v) is 14.0. The molecule has 1 N–H and O–H groups in total. The Morgan fingerprint density at radius 2 is 1.85 bits per heavy atom. The summed E-state index contributed by atoms with van der Waals surface area (Å²) in [5.74, 6) is 0.807. The van der Waals surface area contributed by atoms with Crippen molar-refractivity contribution in [2.45, 2.75) is 33.1 Å². The summed E-state index contributed by atoms with van der Waals surface area (Å²) in [5.41, 5.74) is 2.88. The summed E-state index contributed by atoms with van der Waals surface area (Å²) in [5, 5.41) is 9.86. The number of hydrogen-bond acceptors (Lipinski definition) is 5. The molecule has 202 valence electrons. The lowest BCUT2D eigenvalue weighted by molar-refractivity contribution is -0.118. The van der Waals surface area contributed by atoms with Crippen molar-refractivity contribution in [1.82, 2.24) is 9.66 Å². The van der Waals surface area contributed by atoms with Crippen molar-refractivity contribution in [2.75, 3.05) is 11.9 Å². The number of carbonyl (C=O) groups is 1. The highest BCUT2D eigenvalue weighted by Gasteiger charge is 2.13. The lowest BCUT2D eigenvalue weighted by atomic mass is 10.0. The second-order valence-corrected chi connectivity index (χ2v) is 10.5. The minimum atomic E-state index is -0.276. The van der Waals surface area contributed by atoms with Gasteiger partial charge in [-0.3, -0.25) is 9.59 Å². The number of amides is 1. The quantitative estimate of drug-likeness (QED) is 0.188. The van der Waals surface area contributed by atoms with Gasteiger partial charge in [-0.2, -0.15) is 9.78 Å². The summed E-state index contributed by atoms with van der Waals surface area (Å²) in [6.07, 6.45) is 4.08. The number of halogens is 1. The van der Waals surface area contributed by atoms with Crippen LogP contribution in [0.1, 0.15) is 36.7 Å². The van der Waals surface area contributed by atoms with Crippen LogP contribution >= 0.6 is 15.9 Å². The maximum absolute atomic E-state index is 13.5. The molecule has 40 heavy (non-hydrogen) atoms. The number of nitrogens with zero attached hydrogens (tertiary/aromatic N) is 3. The average Bonchev–Trinajstić information content (AvgIpc) is 2.96. The van der Waals surface area contributed by atoms with Crippen molar-refractivity contribution < 1.29 is 9.53 Å². The molecule has 0 saturated heterocycles. The molecule has 5 aromatic rings. The molecule has 0 aliphatic carbocycles. The number of benzene rings is 4. The van der Waals surface area contributed by atoms with Gasteiger partial charge in [0.25, 0.3) is 11.5 Å². The first-order valence-electron chi connectivity index (χ1n) is 13.2. The highest BCUT2D eigenvalue weighted by Crippen LogP contribution is 2.27. The van der Waals surface area contributed by atoms with E-state index in [0.717, 1.165) is 33.7 Å². The van der Waals surface area contributed by atoms with Crippen LogP contribution in [0.4, 0.5) is 5.69 Å². The van der Waals surface area contributed by atoms with Crippen molar-refractivity contribution in [2.24, 2.45) is 5.10 Å². The maximum atomic E-state index is 13.5. The average molecular weight is 598 g/mol. The molecule has 0 unspecified atom stereocenters. The lowest BCUT2D eigenvalue weighted by Gasteiger charge is -2.13. The molecule has 7 nitrogen and oxygen atoms in total. The van der Waals surface area contributed by atoms with Crippen LogP contribution in [0.15, 0.2) is 93.2 Å². The van der Waals surface area contributed by atoms with E-state index in [4.69, 9.17) is 9.72 Å². The number of rotatable bonds is 9. The molecule has 1 heterocycles. The number of ether oxygens (including phenoxy) is 1. The van der Waals surface area contributed by atoms with E-state index in [-0.39, 0.29) is 18.1 Å². The van der Waals surface area contributed by atoms with E-state index in [1.54, 1.807) is 12.3 Å². The summed E-state index contributed by atoms with van der Waals surface area (Å²) in [6, 6.07) is 24.7. The molecule has 0 radical (unpaired) electrons. The molecule has 0 bridgehead atoms. The number of hydrogen-bond donors (Lipinski definition) is 1. The van der Waals surface area contributed by atoms with Crippen LogP contribution in [0.25, 0.3) is 21.7 Å². The number of aryl methyl sites for hydroxylation is 2. The first-order chi connectivity index (χ1) is 19.4. The molecule has 4 aromatic carbocycles. The SMILES string of the molecule is CCCCc1nc2ccc(Br)cc2c(=O)n1N=Cc1c(OCC(=O)Nc2ccc(C)cc2)ccc2ccccc12. The molecule has 1 aromatic heterocycles. The molecule has 0 fully saturated rings. The Balaban J connectivity index is 1.51. The fraction of sp³-hybridized carbons (Fsp3) is 0.188. The highest BCUT2D eigenvalue weighted by atomic mass is 79.9. The van der Waals surface area contributed by atoms with Crippen LogP contribution < -0.4 is 15.6 Å². The minimum absolute atomic E-state index is 0.180. The number of fused-ring (bicyclic) bond motifs is 2. The molecular weight excluding hydrogens is 568 g/mol. The first kappa shape index (κ1) is 27.3. The van der Waals surface area contributed by atoms with Crippen LogP contribution in [0.5, 0.6) is 5.75 Å². The van der Waals surface area contributed by atoms with Crippen LogP contribution in [0.3, 0.4) is 0 Å². The number of aromatic nitrogens is 2. The normalized spacial score (nSPS) is 11.4. The van der Waals surface area contributed by atoms with Gasteiger partial charge < -0.3 is 10.1 Å². The van der Waals surface area contributed by atoms with Crippen molar-refractivity contribution in [3.05, 3.63) is 111 Å². The van der Waals surface area contributed by atoms with Crippen LogP contribution in [0, 0.1) is 6.92 Å². The van der Waals surface area contributed by atoms with Crippen molar-refractivity contribution in [3.8, 4) is 5.75 Å². The lowest BCUT2D eigenvalue weighted by Crippen LogP contribution is -2.23. The van der Waals surface area contributed by atoms with Gasteiger partial charge in [-0.05, 0) is 60.5 Å². The van der Waals surface area contributed by atoms with Crippen molar-refractivity contribution in [3.63, 3.8) is 0 Å². The molecule has 1 amide bonds. The van der Waals surface area contributed by atoms with Gasteiger partial charge in [0.1, 0.15) is 11.6 Å². The summed E-state index contributed by atoms with van der Waals surface area (Å²) >= 11 is 3.45. The van der Waals surface area contributed by atoms with E-state index < -0.39 is 0 Å². The number of carbonyl (C=O) groups excluding carboxylic acids is 1. The highest BCUT2D eigenvalue weighted by molar-refractivity contribution is 9.10. The number of unbranched alkanes of at least 4 members (excludes halogenated alkanes) is 1. The molecule has 0 aliphatic heterocycles. The van der Waals surface area contributed by atoms with Gasteiger partial charge in [0.15, 0.2) is 6.61 Å².